The minimum atomic E-state index is -0.324. The number of nitrogen functional groups attached to an aromatic ring is 1. The molecule has 0 unspecified atom stereocenters. The van der Waals surface area contributed by atoms with E-state index in [4.69, 9.17) is 10.5 Å². The SMILES string of the molecule is COC(=O)c1cccc(CSc2ccncc2N)c1. The number of carbonyl (C=O) groups is 1. The molecule has 0 saturated carbocycles. The van der Waals surface area contributed by atoms with Crippen LogP contribution in [0.5, 0.6) is 0 Å². The number of hydrogen-bond acceptors (Lipinski definition) is 5. The minimum Gasteiger partial charge on any atom is -0.465 e. The molecule has 0 bridgehead atoms. The van der Waals surface area contributed by atoms with Gasteiger partial charge in [0.15, 0.2) is 0 Å². The van der Waals surface area contributed by atoms with Crippen LogP contribution in [0.3, 0.4) is 0 Å². The molecule has 2 aromatic rings. The molecular weight excluding hydrogens is 260 g/mol. The fourth-order valence-corrected chi connectivity index (χ4v) is 2.47. The molecule has 0 aliphatic rings. The van der Waals surface area contributed by atoms with Crippen molar-refractivity contribution in [1.82, 2.24) is 4.98 Å². The second kappa shape index (κ2) is 6.24. The van der Waals surface area contributed by atoms with Crippen molar-refractivity contribution in [2.75, 3.05) is 12.8 Å². The summed E-state index contributed by atoms with van der Waals surface area (Å²) in [5, 5.41) is 0. The molecule has 0 aliphatic carbocycles. The lowest BCUT2D eigenvalue weighted by Gasteiger charge is -2.06. The minimum absolute atomic E-state index is 0.324. The van der Waals surface area contributed by atoms with Gasteiger partial charge < -0.3 is 10.5 Å². The van der Waals surface area contributed by atoms with Gasteiger partial charge >= 0.3 is 5.97 Å². The summed E-state index contributed by atoms with van der Waals surface area (Å²) in [4.78, 5) is 16.4. The fraction of sp³-hybridized carbons (Fsp3) is 0.143. The zero-order valence-electron chi connectivity index (χ0n) is 10.5. The third-order valence-electron chi connectivity index (χ3n) is 2.55. The van der Waals surface area contributed by atoms with Crippen LogP contribution >= 0.6 is 11.8 Å². The Hall–Kier alpha value is -2.01. The third kappa shape index (κ3) is 3.48. The van der Waals surface area contributed by atoms with E-state index in [-0.39, 0.29) is 5.97 Å². The van der Waals surface area contributed by atoms with Gasteiger partial charge in [-0.05, 0) is 23.8 Å². The molecule has 0 aliphatic heterocycles. The monoisotopic (exact) mass is 274 g/mol. The van der Waals surface area contributed by atoms with E-state index in [1.807, 2.05) is 24.3 Å². The highest BCUT2D eigenvalue weighted by atomic mass is 32.2. The maximum Gasteiger partial charge on any atom is 0.337 e. The molecule has 2 rings (SSSR count). The van der Waals surface area contributed by atoms with Crippen molar-refractivity contribution < 1.29 is 9.53 Å². The molecule has 19 heavy (non-hydrogen) atoms. The van der Waals surface area contributed by atoms with Gasteiger partial charge in [-0.3, -0.25) is 4.98 Å². The number of anilines is 1. The van der Waals surface area contributed by atoms with Gasteiger partial charge in [0.1, 0.15) is 0 Å². The quantitative estimate of drug-likeness (QED) is 0.686. The number of esters is 1. The molecular formula is C14H14N2O2S. The summed E-state index contributed by atoms with van der Waals surface area (Å²) in [5.41, 5.74) is 8.09. The first-order valence-electron chi connectivity index (χ1n) is 5.70. The van der Waals surface area contributed by atoms with Crippen LogP contribution in [0.15, 0.2) is 47.6 Å². The van der Waals surface area contributed by atoms with Crippen molar-refractivity contribution >= 4 is 23.4 Å². The number of benzene rings is 1. The van der Waals surface area contributed by atoms with Gasteiger partial charge in [-0.15, -0.1) is 11.8 Å². The Balaban J connectivity index is 2.08. The average molecular weight is 274 g/mol. The number of nitrogens with two attached hydrogens (primary N) is 1. The Morgan fingerprint density at radius 3 is 3.00 bits per heavy atom. The van der Waals surface area contributed by atoms with E-state index in [1.165, 1.54) is 7.11 Å². The topological polar surface area (TPSA) is 65.2 Å². The van der Waals surface area contributed by atoms with Crippen LogP contribution in [-0.4, -0.2) is 18.1 Å². The summed E-state index contributed by atoms with van der Waals surface area (Å²) < 4.78 is 4.70. The van der Waals surface area contributed by atoms with Crippen molar-refractivity contribution in [2.24, 2.45) is 0 Å². The van der Waals surface area contributed by atoms with Crippen LogP contribution in [0.2, 0.25) is 0 Å². The molecule has 0 radical (unpaired) electrons. The number of pyridine rings is 1. The highest BCUT2D eigenvalue weighted by molar-refractivity contribution is 7.98. The van der Waals surface area contributed by atoms with E-state index in [2.05, 4.69) is 4.98 Å². The summed E-state index contributed by atoms with van der Waals surface area (Å²) >= 11 is 1.61. The van der Waals surface area contributed by atoms with E-state index in [0.717, 1.165) is 16.2 Å². The second-order valence-electron chi connectivity index (χ2n) is 3.89. The van der Waals surface area contributed by atoms with Crippen LogP contribution in [0.1, 0.15) is 15.9 Å². The lowest BCUT2D eigenvalue weighted by Crippen LogP contribution is -2.01. The van der Waals surface area contributed by atoms with Crippen molar-refractivity contribution in [1.29, 1.82) is 0 Å². The molecule has 0 saturated heterocycles. The first kappa shape index (κ1) is 13.4. The van der Waals surface area contributed by atoms with Crippen LogP contribution in [-0.2, 0) is 10.5 Å². The standard InChI is InChI=1S/C14H14N2O2S/c1-18-14(17)11-4-2-3-10(7-11)9-19-13-5-6-16-8-12(13)15/h2-8H,9,15H2,1H3. The first-order valence-corrected chi connectivity index (χ1v) is 6.69. The number of rotatable bonds is 4. The van der Waals surface area contributed by atoms with Crippen LogP contribution in [0, 0.1) is 0 Å². The maximum absolute atomic E-state index is 11.4. The number of thioether (sulfide) groups is 1. The van der Waals surface area contributed by atoms with E-state index in [0.29, 0.717) is 11.3 Å². The van der Waals surface area contributed by atoms with Crippen molar-refractivity contribution in [3.8, 4) is 0 Å². The van der Waals surface area contributed by atoms with Gasteiger partial charge in [0.2, 0.25) is 0 Å². The van der Waals surface area contributed by atoms with Crippen LogP contribution in [0.25, 0.3) is 0 Å². The van der Waals surface area contributed by atoms with E-state index in [1.54, 1.807) is 30.2 Å². The van der Waals surface area contributed by atoms with E-state index < -0.39 is 0 Å². The molecule has 1 aromatic carbocycles. The van der Waals surface area contributed by atoms with Crippen LogP contribution in [0.4, 0.5) is 5.69 Å². The number of methoxy groups -OCH3 is 1. The Morgan fingerprint density at radius 2 is 2.26 bits per heavy atom. The predicted molar refractivity (Wildman–Crippen MR) is 76.0 cm³/mol. The van der Waals surface area contributed by atoms with Gasteiger partial charge in [-0.25, -0.2) is 4.79 Å². The lowest BCUT2D eigenvalue weighted by molar-refractivity contribution is 0.0600. The number of hydrogen-bond donors (Lipinski definition) is 1. The first-order chi connectivity index (χ1) is 9.20. The molecule has 0 fully saturated rings. The number of aromatic nitrogens is 1. The molecule has 0 atom stereocenters. The third-order valence-corrected chi connectivity index (χ3v) is 3.71. The smallest absolute Gasteiger partial charge is 0.337 e. The highest BCUT2D eigenvalue weighted by Crippen LogP contribution is 2.27. The maximum atomic E-state index is 11.4. The summed E-state index contributed by atoms with van der Waals surface area (Å²) in [6.45, 7) is 0. The van der Waals surface area contributed by atoms with Crippen molar-refractivity contribution in [2.45, 2.75) is 10.6 Å². The molecule has 0 amide bonds. The number of ether oxygens (including phenoxy) is 1. The summed E-state index contributed by atoms with van der Waals surface area (Å²) in [5.74, 6) is 0.411. The zero-order valence-corrected chi connectivity index (χ0v) is 11.3. The molecule has 1 aromatic heterocycles. The molecule has 0 spiro atoms. The van der Waals surface area contributed by atoms with Gasteiger partial charge in [0, 0.05) is 16.8 Å². The molecule has 1 heterocycles. The lowest BCUT2D eigenvalue weighted by atomic mass is 10.1. The average Bonchev–Trinajstić information content (AvgIpc) is 2.46. The zero-order chi connectivity index (χ0) is 13.7. The van der Waals surface area contributed by atoms with Gasteiger partial charge in [0.05, 0.1) is 24.6 Å². The van der Waals surface area contributed by atoms with Gasteiger partial charge in [0.25, 0.3) is 0 Å². The molecule has 2 N–H and O–H groups in total. The summed E-state index contributed by atoms with van der Waals surface area (Å²) in [6, 6.07) is 9.26. The van der Waals surface area contributed by atoms with E-state index >= 15 is 0 Å². The fourth-order valence-electron chi connectivity index (χ4n) is 1.59. The number of carbonyl (C=O) groups excluding carboxylic acids is 1. The van der Waals surface area contributed by atoms with Crippen molar-refractivity contribution in [3.63, 3.8) is 0 Å². The Bertz CT molecular complexity index is 587. The molecule has 98 valence electrons. The highest BCUT2D eigenvalue weighted by Gasteiger charge is 2.06. The van der Waals surface area contributed by atoms with Gasteiger partial charge in [-0.1, -0.05) is 12.1 Å². The second-order valence-corrected chi connectivity index (χ2v) is 4.91. The van der Waals surface area contributed by atoms with Crippen molar-refractivity contribution in [3.05, 3.63) is 53.9 Å². The van der Waals surface area contributed by atoms with Crippen LogP contribution < -0.4 is 5.73 Å². The molecule has 5 heteroatoms. The summed E-state index contributed by atoms with van der Waals surface area (Å²) in [7, 11) is 1.38. The Morgan fingerprint density at radius 1 is 1.42 bits per heavy atom. The normalized spacial score (nSPS) is 10.2. The van der Waals surface area contributed by atoms with Gasteiger partial charge in [-0.2, -0.15) is 0 Å². The Labute approximate surface area is 116 Å². The van der Waals surface area contributed by atoms with E-state index in [9.17, 15) is 4.79 Å². The predicted octanol–water partition coefficient (Wildman–Crippen LogP) is 2.74. The summed E-state index contributed by atoms with van der Waals surface area (Å²) in [6.07, 6.45) is 3.34. The Kier molecular flexibility index (Phi) is 4.41. The number of nitrogens with zero attached hydrogens (tertiary/aromatic N) is 1. The molecule has 4 nitrogen and oxygen atoms in total. The largest absolute Gasteiger partial charge is 0.465 e.